The number of hydrogen-bond acceptors (Lipinski definition) is 4. The molecule has 3 rings (SSSR count). The van der Waals surface area contributed by atoms with E-state index < -0.39 is 11.6 Å². The molecule has 0 aliphatic carbocycles. The molecule has 122 valence electrons. The van der Waals surface area contributed by atoms with E-state index in [1.165, 1.54) is 19.5 Å². The van der Waals surface area contributed by atoms with Crippen molar-refractivity contribution in [1.82, 2.24) is 9.97 Å². The highest BCUT2D eigenvalue weighted by Gasteiger charge is 2.15. The molecule has 0 saturated carbocycles. The Morgan fingerprint density at radius 1 is 0.958 bits per heavy atom. The molecule has 2 aromatic carbocycles. The van der Waals surface area contributed by atoms with Crippen LogP contribution < -0.4 is 9.47 Å². The van der Waals surface area contributed by atoms with Gasteiger partial charge in [0.25, 0.3) is 0 Å². The molecule has 24 heavy (non-hydrogen) atoms. The first-order valence-electron chi connectivity index (χ1n) is 7.19. The Balaban J connectivity index is 1.82. The molecule has 0 radical (unpaired) electrons. The van der Waals surface area contributed by atoms with E-state index in [2.05, 4.69) is 9.97 Å². The zero-order valence-corrected chi connectivity index (χ0v) is 12.9. The summed E-state index contributed by atoms with van der Waals surface area (Å²) in [6.07, 6.45) is 2.61. The lowest BCUT2D eigenvalue weighted by atomic mass is 10.1. The first kappa shape index (κ1) is 15.9. The van der Waals surface area contributed by atoms with Gasteiger partial charge in [-0.05, 0) is 5.56 Å². The lowest BCUT2D eigenvalue weighted by molar-refractivity contribution is 0.303. The van der Waals surface area contributed by atoms with Gasteiger partial charge in [-0.1, -0.05) is 30.3 Å². The molecule has 6 heteroatoms. The second-order valence-electron chi connectivity index (χ2n) is 4.99. The third-order valence-corrected chi connectivity index (χ3v) is 3.36. The van der Waals surface area contributed by atoms with Crippen LogP contribution >= 0.6 is 0 Å². The second-order valence-corrected chi connectivity index (χ2v) is 4.99. The van der Waals surface area contributed by atoms with Crippen LogP contribution in [0.15, 0.2) is 54.9 Å². The summed E-state index contributed by atoms with van der Waals surface area (Å²) in [7, 11) is 1.41. The van der Waals surface area contributed by atoms with Gasteiger partial charge in [0, 0.05) is 30.1 Å². The average Bonchev–Trinajstić information content (AvgIpc) is 2.61. The summed E-state index contributed by atoms with van der Waals surface area (Å²) in [6.45, 7) is 0.227. The summed E-state index contributed by atoms with van der Waals surface area (Å²) in [5, 5.41) is 0. The quantitative estimate of drug-likeness (QED) is 0.710. The lowest BCUT2D eigenvalue weighted by Gasteiger charge is -2.10. The van der Waals surface area contributed by atoms with Gasteiger partial charge in [-0.25, -0.2) is 18.7 Å². The third kappa shape index (κ3) is 3.48. The van der Waals surface area contributed by atoms with Gasteiger partial charge < -0.3 is 9.47 Å². The van der Waals surface area contributed by atoms with Crippen LogP contribution in [-0.2, 0) is 6.61 Å². The Kier molecular flexibility index (Phi) is 4.65. The molecule has 0 aliphatic rings. The van der Waals surface area contributed by atoms with Crippen molar-refractivity contribution in [2.45, 2.75) is 6.61 Å². The van der Waals surface area contributed by atoms with Gasteiger partial charge in [0.1, 0.15) is 24.0 Å². The summed E-state index contributed by atoms with van der Waals surface area (Å²) >= 11 is 0. The second kappa shape index (κ2) is 7.04. The minimum absolute atomic E-state index is 0.118. The van der Waals surface area contributed by atoms with Crippen molar-refractivity contribution in [3.63, 3.8) is 0 Å². The number of aromatic nitrogens is 2. The Bertz CT molecular complexity index is 801. The van der Waals surface area contributed by atoms with E-state index in [1.54, 1.807) is 0 Å². The maximum Gasteiger partial charge on any atom is 0.316 e. The van der Waals surface area contributed by atoms with E-state index in [0.29, 0.717) is 0 Å². The van der Waals surface area contributed by atoms with E-state index >= 15 is 0 Å². The number of nitrogens with zero attached hydrogens (tertiary/aromatic N) is 2. The average molecular weight is 328 g/mol. The molecule has 0 unspecified atom stereocenters. The van der Waals surface area contributed by atoms with E-state index in [0.717, 1.165) is 17.7 Å². The van der Waals surface area contributed by atoms with Crippen molar-refractivity contribution in [2.24, 2.45) is 0 Å². The fourth-order valence-corrected chi connectivity index (χ4v) is 2.20. The lowest BCUT2D eigenvalue weighted by Crippen LogP contribution is -1.99. The summed E-state index contributed by atoms with van der Waals surface area (Å²) < 4.78 is 38.9. The van der Waals surface area contributed by atoms with Gasteiger partial charge in [-0.15, -0.1) is 0 Å². The number of hydrogen-bond donors (Lipinski definition) is 0. The van der Waals surface area contributed by atoms with E-state index in [1.807, 2.05) is 30.3 Å². The Hall–Kier alpha value is -3.02. The van der Waals surface area contributed by atoms with Crippen molar-refractivity contribution in [3.8, 4) is 22.9 Å². The van der Waals surface area contributed by atoms with Crippen LogP contribution in [0, 0.1) is 11.6 Å². The summed E-state index contributed by atoms with van der Waals surface area (Å²) in [5.41, 5.74) is 0.927. The van der Waals surface area contributed by atoms with Gasteiger partial charge in [-0.2, -0.15) is 0 Å². The largest absolute Gasteiger partial charge is 0.489 e. The van der Waals surface area contributed by atoms with E-state index in [-0.39, 0.29) is 29.5 Å². The predicted octanol–water partition coefficient (Wildman–Crippen LogP) is 4.01. The minimum atomic E-state index is -0.744. The molecular weight excluding hydrogens is 314 g/mol. The fourth-order valence-electron chi connectivity index (χ4n) is 2.20. The van der Waals surface area contributed by atoms with Crippen LogP contribution in [0.5, 0.6) is 11.8 Å². The number of methoxy groups -OCH3 is 1. The van der Waals surface area contributed by atoms with Crippen LogP contribution in [0.25, 0.3) is 11.1 Å². The van der Waals surface area contributed by atoms with Crippen molar-refractivity contribution in [3.05, 3.63) is 72.1 Å². The van der Waals surface area contributed by atoms with Gasteiger partial charge >= 0.3 is 6.01 Å². The molecule has 0 fully saturated rings. The molecule has 4 nitrogen and oxygen atoms in total. The molecule has 0 atom stereocenters. The molecule has 1 aromatic heterocycles. The van der Waals surface area contributed by atoms with Gasteiger partial charge in [0.15, 0.2) is 0 Å². The van der Waals surface area contributed by atoms with Crippen LogP contribution in [0.2, 0.25) is 0 Å². The van der Waals surface area contributed by atoms with Crippen molar-refractivity contribution in [1.29, 1.82) is 0 Å². The SMILES string of the molecule is COc1ncc(-c2c(F)cc(OCc3ccccc3)cc2F)cn1. The van der Waals surface area contributed by atoms with Crippen molar-refractivity contribution in [2.75, 3.05) is 7.11 Å². The Morgan fingerprint density at radius 3 is 2.17 bits per heavy atom. The first-order valence-corrected chi connectivity index (χ1v) is 7.19. The van der Waals surface area contributed by atoms with E-state index in [9.17, 15) is 8.78 Å². The zero-order valence-electron chi connectivity index (χ0n) is 12.9. The highest BCUT2D eigenvalue weighted by atomic mass is 19.1. The van der Waals surface area contributed by atoms with Crippen LogP contribution in [0.4, 0.5) is 8.78 Å². The normalized spacial score (nSPS) is 10.5. The van der Waals surface area contributed by atoms with Gasteiger partial charge in [0.2, 0.25) is 0 Å². The number of rotatable bonds is 5. The van der Waals surface area contributed by atoms with Crippen LogP contribution in [0.1, 0.15) is 5.56 Å². The smallest absolute Gasteiger partial charge is 0.316 e. The molecule has 1 heterocycles. The van der Waals surface area contributed by atoms with E-state index in [4.69, 9.17) is 9.47 Å². The van der Waals surface area contributed by atoms with Gasteiger partial charge in [0.05, 0.1) is 12.7 Å². The Morgan fingerprint density at radius 2 is 1.58 bits per heavy atom. The summed E-state index contributed by atoms with van der Waals surface area (Å²) in [6, 6.07) is 11.8. The molecule has 0 spiro atoms. The molecular formula is C18H14F2N2O2. The number of benzene rings is 2. The monoisotopic (exact) mass is 328 g/mol. The molecule has 0 saturated heterocycles. The maximum absolute atomic E-state index is 14.3. The van der Waals surface area contributed by atoms with Crippen LogP contribution in [-0.4, -0.2) is 17.1 Å². The van der Waals surface area contributed by atoms with Crippen LogP contribution in [0.3, 0.4) is 0 Å². The zero-order chi connectivity index (χ0) is 16.9. The maximum atomic E-state index is 14.3. The molecule has 3 aromatic rings. The highest BCUT2D eigenvalue weighted by Crippen LogP contribution is 2.29. The molecule has 0 aliphatic heterocycles. The molecule has 0 N–H and O–H groups in total. The topological polar surface area (TPSA) is 44.2 Å². The van der Waals surface area contributed by atoms with Gasteiger partial charge in [-0.3, -0.25) is 0 Å². The summed E-state index contributed by atoms with van der Waals surface area (Å²) in [4.78, 5) is 7.71. The standard InChI is InChI=1S/C18H14F2N2O2/c1-23-18-21-9-13(10-22-18)17-15(19)7-14(8-16(17)20)24-11-12-5-3-2-4-6-12/h2-10H,11H2,1H3. The Labute approximate surface area is 137 Å². The summed E-state index contributed by atoms with van der Waals surface area (Å²) in [5.74, 6) is -1.37. The van der Waals surface area contributed by atoms with Crippen molar-refractivity contribution < 1.29 is 18.3 Å². The predicted molar refractivity (Wildman–Crippen MR) is 84.7 cm³/mol. The number of halogens is 2. The molecule has 0 amide bonds. The molecule has 0 bridgehead atoms. The van der Waals surface area contributed by atoms with Crippen molar-refractivity contribution >= 4 is 0 Å². The minimum Gasteiger partial charge on any atom is -0.489 e. The number of ether oxygens (including phenoxy) is 2. The third-order valence-electron chi connectivity index (χ3n) is 3.36. The first-order chi connectivity index (χ1) is 11.7. The fraction of sp³-hybridized carbons (Fsp3) is 0.111. The highest BCUT2D eigenvalue weighted by molar-refractivity contribution is 5.64.